The lowest BCUT2D eigenvalue weighted by atomic mass is 10.0. The molecule has 7 nitrogen and oxygen atoms in total. The number of amides is 3. The van der Waals surface area contributed by atoms with Gasteiger partial charge < -0.3 is 10.6 Å². The normalized spacial score (nSPS) is 11.7. The summed E-state index contributed by atoms with van der Waals surface area (Å²) in [6.07, 6.45) is 0.337. The Morgan fingerprint density at radius 2 is 1.78 bits per heavy atom. The third-order valence-corrected chi connectivity index (χ3v) is 6.60. The van der Waals surface area contributed by atoms with Crippen LogP contribution in [0.3, 0.4) is 0 Å². The van der Waals surface area contributed by atoms with Crippen LogP contribution >= 0.6 is 22.7 Å². The number of rotatable bonds is 7. The zero-order valence-electron chi connectivity index (χ0n) is 16.7. The Morgan fingerprint density at radius 3 is 2.50 bits per heavy atom. The Labute approximate surface area is 191 Å². The van der Waals surface area contributed by atoms with E-state index in [0.29, 0.717) is 22.5 Å². The summed E-state index contributed by atoms with van der Waals surface area (Å²) in [6.45, 7) is 0. The van der Waals surface area contributed by atoms with E-state index in [1.807, 2.05) is 35.7 Å². The van der Waals surface area contributed by atoms with Gasteiger partial charge >= 0.3 is 0 Å². The van der Waals surface area contributed by atoms with Crippen LogP contribution in [0.1, 0.15) is 25.6 Å². The number of nitrogens with one attached hydrogen (secondary N) is 3. The molecule has 3 amide bonds. The molecule has 0 saturated heterocycles. The molecule has 1 unspecified atom stereocenters. The molecule has 0 spiro atoms. The van der Waals surface area contributed by atoms with Gasteiger partial charge in [0.2, 0.25) is 5.91 Å². The Hall–Kier alpha value is -3.53. The molecule has 2 aromatic carbocycles. The molecular weight excluding hydrogens is 446 g/mol. The van der Waals surface area contributed by atoms with E-state index in [-0.39, 0.29) is 11.8 Å². The second-order valence-electron chi connectivity index (χ2n) is 7.02. The van der Waals surface area contributed by atoms with Gasteiger partial charge in [-0.25, -0.2) is 5.48 Å². The molecular formula is C23H19N3O4S2. The van der Waals surface area contributed by atoms with Crippen molar-refractivity contribution < 1.29 is 19.6 Å². The number of carbonyl (C=O) groups excluding carboxylic acids is 3. The lowest BCUT2D eigenvalue weighted by Gasteiger charge is -2.18. The van der Waals surface area contributed by atoms with Crippen LogP contribution in [0.5, 0.6) is 0 Å². The van der Waals surface area contributed by atoms with Gasteiger partial charge in [-0.2, -0.15) is 11.3 Å². The van der Waals surface area contributed by atoms with Crippen LogP contribution in [-0.2, 0) is 11.2 Å². The van der Waals surface area contributed by atoms with Crippen molar-refractivity contribution in [1.29, 1.82) is 0 Å². The highest BCUT2D eigenvalue weighted by Gasteiger charge is 2.22. The second-order valence-corrected chi connectivity index (χ2v) is 8.89. The molecule has 4 N–H and O–H groups in total. The molecule has 1 atom stereocenters. The minimum atomic E-state index is -0.779. The monoisotopic (exact) mass is 465 g/mol. The first-order valence-corrected chi connectivity index (χ1v) is 11.5. The zero-order chi connectivity index (χ0) is 22.5. The van der Waals surface area contributed by atoms with Crippen LogP contribution in [0.4, 0.5) is 5.69 Å². The number of hydrogen-bond acceptors (Lipinski definition) is 6. The lowest BCUT2D eigenvalue weighted by Crippen LogP contribution is -2.45. The van der Waals surface area contributed by atoms with Gasteiger partial charge in [-0.05, 0) is 46.7 Å². The van der Waals surface area contributed by atoms with Crippen molar-refractivity contribution in [2.24, 2.45) is 0 Å². The van der Waals surface area contributed by atoms with Gasteiger partial charge in [0.25, 0.3) is 11.8 Å². The topological polar surface area (TPSA) is 108 Å². The molecule has 0 aliphatic heterocycles. The summed E-state index contributed by atoms with van der Waals surface area (Å²) in [5.74, 6) is -1.24. The number of thiophene rings is 2. The Morgan fingerprint density at radius 1 is 0.969 bits per heavy atom. The molecule has 32 heavy (non-hydrogen) atoms. The van der Waals surface area contributed by atoms with E-state index < -0.39 is 11.9 Å². The predicted octanol–water partition coefficient (Wildman–Crippen LogP) is 4.06. The first-order valence-electron chi connectivity index (χ1n) is 9.69. The van der Waals surface area contributed by atoms with Crippen LogP contribution in [-0.4, -0.2) is 29.0 Å². The molecule has 0 aliphatic rings. The number of fused-ring (bicyclic) bond motifs is 1. The molecule has 0 fully saturated rings. The van der Waals surface area contributed by atoms with E-state index in [1.165, 1.54) is 22.7 Å². The quantitative estimate of drug-likeness (QED) is 0.244. The number of hydroxylamine groups is 1. The molecule has 2 heterocycles. The molecule has 4 rings (SSSR count). The van der Waals surface area contributed by atoms with Gasteiger partial charge in [0.05, 0.1) is 10.4 Å². The molecule has 9 heteroatoms. The van der Waals surface area contributed by atoms with Crippen molar-refractivity contribution in [1.82, 2.24) is 10.8 Å². The van der Waals surface area contributed by atoms with E-state index in [9.17, 15) is 14.4 Å². The van der Waals surface area contributed by atoms with Crippen LogP contribution < -0.4 is 16.1 Å². The summed E-state index contributed by atoms with van der Waals surface area (Å²) in [5.41, 5.74) is 3.59. The van der Waals surface area contributed by atoms with Crippen molar-refractivity contribution in [3.8, 4) is 0 Å². The Balaban J connectivity index is 1.54. The molecule has 0 saturated carbocycles. The fourth-order valence-electron chi connectivity index (χ4n) is 3.21. The maximum Gasteiger partial charge on any atom is 0.284 e. The minimum Gasteiger partial charge on any atom is -0.340 e. The van der Waals surface area contributed by atoms with Crippen LogP contribution in [0.2, 0.25) is 0 Å². The van der Waals surface area contributed by atoms with Gasteiger partial charge in [-0.1, -0.05) is 30.3 Å². The molecule has 2 aromatic heterocycles. The minimum absolute atomic E-state index is 0.310. The average molecular weight is 466 g/mol. The maximum atomic E-state index is 13.1. The summed E-state index contributed by atoms with van der Waals surface area (Å²) in [7, 11) is 0. The largest absolute Gasteiger partial charge is 0.340 e. The maximum absolute atomic E-state index is 13.1. The van der Waals surface area contributed by atoms with Crippen LogP contribution in [0.25, 0.3) is 10.1 Å². The highest BCUT2D eigenvalue weighted by atomic mass is 32.1. The van der Waals surface area contributed by atoms with Crippen molar-refractivity contribution in [3.63, 3.8) is 0 Å². The van der Waals surface area contributed by atoms with E-state index in [4.69, 9.17) is 5.21 Å². The number of carbonyl (C=O) groups is 3. The number of hydrogen-bond donors (Lipinski definition) is 4. The molecule has 0 aliphatic carbocycles. The summed E-state index contributed by atoms with van der Waals surface area (Å²) in [4.78, 5) is 37.7. The zero-order valence-corrected chi connectivity index (χ0v) is 18.3. The van der Waals surface area contributed by atoms with Gasteiger partial charge in [0, 0.05) is 22.2 Å². The van der Waals surface area contributed by atoms with Crippen molar-refractivity contribution in [2.45, 2.75) is 12.5 Å². The summed E-state index contributed by atoms with van der Waals surface area (Å²) >= 11 is 2.64. The first kappa shape index (κ1) is 21.7. The van der Waals surface area contributed by atoms with E-state index in [0.717, 1.165) is 15.6 Å². The number of anilines is 1. The second kappa shape index (κ2) is 9.73. The first-order chi connectivity index (χ1) is 15.5. The standard InChI is InChI=1S/C23H19N3O4S2/c27-21(15-8-9-31-13-15)25-18(10-14-4-2-1-3-5-14)22(28)24-17-6-7-19-16(11-17)12-20(32-19)23(29)26-30/h1-9,11-13,18,30H,10H2,(H,24,28)(H,25,27)(H,26,29). The van der Waals surface area contributed by atoms with Gasteiger partial charge in [-0.15, -0.1) is 11.3 Å². The SMILES string of the molecule is O=C(NC(Cc1ccccc1)C(=O)Nc1ccc2sc(C(=O)NO)cc2c1)c1ccsc1. The van der Waals surface area contributed by atoms with Crippen LogP contribution in [0.15, 0.2) is 71.4 Å². The van der Waals surface area contributed by atoms with E-state index >= 15 is 0 Å². The summed E-state index contributed by atoms with van der Waals surface area (Å²) in [6, 6.07) is 17.3. The van der Waals surface area contributed by atoms with Crippen molar-refractivity contribution in [3.05, 3.63) is 87.4 Å². The Kier molecular flexibility index (Phi) is 6.60. The molecule has 4 aromatic rings. The Bertz CT molecular complexity index is 1250. The highest BCUT2D eigenvalue weighted by molar-refractivity contribution is 7.20. The highest BCUT2D eigenvalue weighted by Crippen LogP contribution is 2.28. The fraction of sp³-hybridized carbons (Fsp3) is 0.0870. The molecule has 0 radical (unpaired) electrons. The van der Waals surface area contributed by atoms with Crippen molar-refractivity contribution in [2.75, 3.05) is 5.32 Å². The van der Waals surface area contributed by atoms with E-state index in [2.05, 4.69) is 10.6 Å². The lowest BCUT2D eigenvalue weighted by molar-refractivity contribution is -0.118. The molecule has 0 bridgehead atoms. The van der Waals surface area contributed by atoms with E-state index in [1.54, 1.807) is 41.2 Å². The number of benzene rings is 2. The predicted molar refractivity (Wildman–Crippen MR) is 125 cm³/mol. The third-order valence-electron chi connectivity index (χ3n) is 4.80. The van der Waals surface area contributed by atoms with Gasteiger partial charge in [0.1, 0.15) is 6.04 Å². The van der Waals surface area contributed by atoms with Gasteiger partial charge in [-0.3, -0.25) is 19.6 Å². The fourth-order valence-corrected chi connectivity index (χ4v) is 4.78. The van der Waals surface area contributed by atoms with Crippen LogP contribution in [0, 0.1) is 0 Å². The third kappa shape index (κ3) is 5.02. The van der Waals surface area contributed by atoms with Crippen molar-refractivity contribution >= 4 is 56.2 Å². The summed E-state index contributed by atoms with van der Waals surface area (Å²) < 4.78 is 0.841. The smallest absolute Gasteiger partial charge is 0.284 e. The molecule has 162 valence electrons. The summed E-state index contributed by atoms with van der Waals surface area (Å²) in [5, 5.41) is 18.8. The average Bonchev–Trinajstić information content (AvgIpc) is 3.48. The van der Waals surface area contributed by atoms with Gasteiger partial charge in [0.15, 0.2) is 0 Å².